The fourth-order valence-electron chi connectivity index (χ4n) is 3.15. The number of ether oxygens (including phenoxy) is 3. The van der Waals surface area contributed by atoms with Gasteiger partial charge in [-0.25, -0.2) is 0 Å². The molecule has 0 spiro atoms. The number of unbranched alkanes of at least 4 members (excludes halogenated alkanes) is 1. The number of hydrogen-bond acceptors (Lipinski definition) is 7. The van der Waals surface area contributed by atoms with Crippen molar-refractivity contribution < 1.29 is 28.6 Å². The molecule has 1 N–H and O–H groups in total. The van der Waals surface area contributed by atoms with Gasteiger partial charge in [-0.3, -0.25) is 19.3 Å². The predicted molar refractivity (Wildman–Crippen MR) is 132 cm³/mol. The van der Waals surface area contributed by atoms with Crippen LogP contribution in [0.1, 0.15) is 32.3 Å². The van der Waals surface area contributed by atoms with Gasteiger partial charge in [-0.15, -0.1) is 0 Å². The summed E-state index contributed by atoms with van der Waals surface area (Å²) < 4.78 is 16.5. The second-order valence-corrected chi connectivity index (χ2v) is 8.38. The molecule has 8 nitrogen and oxygen atoms in total. The number of thioether (sulfide) groups is 1. The Kier molecular flexibility index (Phi) is 8.98. The minimum Gasteiger partial charge on any atom is -0.494 e. The minimum absolute atomic E-state index is 0.237. The molecular weight excluding hydrogens is 456 g/mol. The van der Waals surface area contributed by atoms with Gasteiger partial charge in [0.1, 0.15) is 12.3 Å². The monoisotopic (exact) mass is 484 g/mol. The molecule has 1 aliphatic heterocycles. The van der Waals surface area contributed by atoms with Gasteiger partial charge >= 0.3 is 0 Å². The smallest absolute Gasteiger partial charge is 0.294 e. The van der Waals surface area contributed by atoms with E-state index in [1.807, 2.05) is 6.92 Å². The van der Waals surface area contributed by atoms with Gasteiger partial charge in [0.25, 0.3) is 11.1 Å². The van der Waals surface area contributed by atoms with Gasteiger partial charge in [0.15, 0.2) is 11.5 Å². The van der Waals surface area contributed by atoms with Gasteiger partial charge in [0.2, 0.25) is 5.91 Å². The van der Waals surface area contributed by atoms with E-state index >= 15 is 0 Å². The van der Waals surface area contributed by atoms with Crippen LogP contribution < -0.4 is 19.5 Å². The number of nitrogens with zero attached hydrogens (tertiary/aromatic N) is 1. The summed E-state index contributed by atoms with van der Waals surface area (Å²) in [6.45, 7) is 4.73. The van der Waals surface area contributed by atoms with Gasteiger partial charge < -0.3 is 19.5 Å². The summed E-state index contributed by atoms with van der Waals surface area (Å²) in [5, 5.41) is 2.19. The van der Waals surface area contributed by atoms with E-state index in [2.05, 4.69) is 12.2 Å². The zero-order valence-electron chi connectivity index (χ0n) is 19.5. The van der Waals surface area contributed by atoms with Crippen molar-refractivity contribution >= 4 is 40.6 Å². The van der Waals surface area contributed by atoms with E-state index in [0.717, 1.165) is 29.5 Å². The molecule has 9 heteroatoms. The summed E-state index contributed by atoms with van der Waals surface area (Å²) in [6.07, 6.45) is 3.56. The number of imide groups is 1. The third-order valence-electron chi connectivity index (χ3n) is 4.87. The second-order valence-electron chi connectivity index (χ2n) is 7.39. The van der Waals surface area contributed by atoms with Crippen molar-refractivity contribution in [3.63, 3.8) is 0 Å². The molecule has 0 aromatic heterocycles. The van der Waals surface area contributed by atoms with Crippen molar-refractivity contribution in [2.24, 2.45) is 0 Å². The fraction of sp³-hybridized carbons (Fsp3) is 0.320. The number of rotatable bonds is 11. The van der Waals surface area contributed by atoms with Gasteiger partial charge in [0.05, 0.1) is 25.2 Å². The number of nitrogens with one attached hydrogen (secondary N) is 1. The van der Waals surface area contributed by atoms with Crippen molar-refractivity contribution in [1.29, 1.82) is 0 Å². The maximum absolute atomic E-state index is 12.8. The lowest BCUT2D eigenvalue weighted by atomic mass is 10.2. The molecule has 0 aliphatic carbocycles. The van der Waals surface area contributed by atoms with Gasteiger partial charge in [-0.1, -0.05) is 19.4 Å². The highest BCUT2D eigenvalue weighted by Gasteiger charge is 2.36. The van der Waals surface area contributed by atoms with Crippen LogP contribution >= 0.6 is 11.8 Å². The maximum atomic E-state index is 12.8. The van der Waals surface area contributed by atoms with Crippen LogP contribution in [-0.2, 0) is 9.59 Å². The van der Waals surface area contributed by atoms with E-state index in [0.29, 0.717) is 41.7 Å². The first-order chi connectivity index (χ1) is 16.4. The Hall–Kier alpha value is -3.46. The normalized spacial score (nSPS) is 14.4. The van der Waals surface area contributed by atoms with Gasteiger partial charge in [-0.05, 0) is 73.1 Å². The van der Waals surface area contributed by atoms with Crippen LogP contribution in [0.25, 0.3) is 6.08 Å². The second kappa shape index (κ2) is 12.1. The molecule has 1 heterocycles. The molecule has 1 fully saturated rings. The average Bonchev–Trinajstić information content (AvgIpc) is 3.08. The summed E-state index contributed by atoms with van der Waals surface area (Å²) in [6, 6.07) is 12.2. The van der Waals surface area contributed by atoms with E-state index in [1.54, 1.807) is 55.7 Å². The number of carbonyl (C=O) groups is 3. The van der Waals surface area contributed by atoms with Crippen LogP contribution in [-0.4, -0.2) is 48.8 Å². The maximum Gasteiger partial charge on any atom is 0.294 e. The first-order valence-electron chi connectivity index (χ1n) is 11.0. The highest BCUT2D eigenvalue weighted by molar-refractivity contribution is 8.18. The van der Waals surface area contributed by atoms with E-state index in [1.165, 1.54) is 0 Å². The molecule has 0 unspecified atom stereocenters. The highest BCUT2D eigenvalue weighted by atomic mass is 32.2. The Morgan fingerprint density at radius 2 is 1.82 bits per heavy atom. The summed E-state index contributed by atoms with van der Waals surface area (Å²) in [7, 11) is 1.54. The molecule has 180 valence electrons. The van der Waals surface area contributed by atoms with Crippen LogP contribution in [0.15, 0.2) is 47.4 Å². The molecule has 34 heavy (non-hydrogen) atoms. The Morgan fingerprint density at radius 1 is 1.06 bits per heavy atom. The van der Waals surface area contributed by atoms with Gasteiger partial charge in [-0.2, -0.15) is 0 Å². The van der Waals surface area contributed by atoms with E-state index in [4.69, 9.17) is 14.2 Å². The average molecular weight is 485 g/mol. The van der Waals surface area contributed by atoms with Crippen LogP contribution in [0.4, 0.5) is 10.5 Å². The molecule has 0 saturated carbocycles. The lowest BCUT2D eigenvalue weighted by Crippen LogP contribution is -2.36. The third-order valence-corrected chi connectivity index (χ3v) is 5.77. The Bertz CT molecular complexity index is 1070. The van der Waals surface area contributed by atoms with E-state index in [-0.39, 0.29) is 11.4 Å². The first kappa shape index (κ1) is 25.2. The minimum atomic E-state index is -0.515. The number of carbonyl (C=O) groups excluding carboxylic acids is 3. The standard InChI is InChI=1S/C25H28N2O6S/c1-4-6-13-33-20-12-7-17(14-21(20)31-3)15-22-24(29)27(25(30)34-22)16-23(28)26-18-8-10-19(11-9-18)32-5-2/h7-12,14-15H,4-6,13,16H2,1-3H3,(H,26,28)/b22-15-. The summed E-state index contributed by atoms with van der Waals surface area (Å²) in [4.78, 5) is 38.8. The molecule has 3 rings (SSSR count). The molecule has 0 atom stereocenters. The quantitative estimate of drug-likeness (QED) is 0.356. The fourth-order valence-corrected chi connectivity index (χ4v) is 3.99. The Balaban J connectivity index is 1.64. The summed E-state index contributed by atoms with van der Waals surface area (Å²) in [5.74, 6) is 0.863. The lowest BCUT2D eigenvalue weighted by molar-refractivity contribution is -0.127. The zero-order valence-corrected chi connectivity index (χ0v) is 20.3. The lowest BCUT2D eigenvalue weighted by Gasteiger charge is -2.13. The number of anilines is 1. The molecule has 0 radical (unpaired) electrons. The van der Waals surface area contributed by atoms with Gasteiger partial charge in [0, 0.05) is 5.69 Å². The number of benzene rings is 2. The molecule has 2 aromatic carbocycles. The molecule has 3 amide bonds. The Morgan fingerprint density at radius 3 is 2.50 bits per heavy atom. The predicted octanol–water partition coefficient (Wildman–Crippen LogP) is 4.95. The topological polar surface area (TPSA) is 94.2 Å². The Labute approximate surface area is 203 Å². The van der Waals surface area contributed by atoms with E-state index < -0.39 is 17.1 Å². The van der Waals surface area contributed by atoms with Crippen LogP contribution in [0.3, 0.4) is 0 Å². The van der Waals surface area contributed by atoms with Crippen molar-refractivity contribution in [3.05, 3.63) is 52.9 Å². The number of methoxy groups -OCH3 is 1. The summed E-state index contributed by atoms with van der Waals surface area (Å²) >= 11 is 0.797. The third kappa shape index (κ3) is 6.54. The zero-order chi connectivity index (χ0) is 24.5. The van der Waals surface area contributed by atoms with Crippen molar-refractivity contribution in [1.82, 2.24) is 4.90 Å². The number of amides is 3. The highest BCUT2D eigenvalue weighted by Crippen LogP contribution is 2.34. The van der Waals surface area contributed by atoms with Crippen LogP contribution in [0.2, 0.25) is 0 Å². The SMILES string of the molecule is CCCCOc1ccc(/C=C2\SC(=O)N(CC(=O)Nc3ccc(OCC)cc3)C2=O)cc1OC. The van der Waals surface area contributed by atoms with Crippen molar-refractivity contribution in [3.8, 4) is 17.2 Å². The van der Waals surface area contributed by atoms with E-state index in [9.17, 15) is 14.4 Å². The molecular formula is C25H28N2O6S. The largest absolute Gasteiger partial charge is 0.494 e. The molecule has 1 saturated heterocycles. The first-order valence-corrected chi connectivity index (χ1v) is 11.9. The molecule has 2 aromatic rings. The van der Waals surface area contributed by atoms with Crippen LogP contribution in [0, 0.1) is 0 Å². The molecule has 1 aliphatic rings. The van der Waals surface area contributed by atoms with Crippen molar-refractivity contribution in [2.45, 2.75) is 26.7 Å². The summed E-state index contributed by atoms with van der Waals surface area (Å²) in [5.41, 5.74) is 1.23. The molecule has 0 bridgehead atoms. The number of hydrogen-bond donors (Lipinski definition) is 1. The van der Waals surface area contributed by atoms with Crippen LogP contribution in [0.5, 0.6) is 17.2 Å². The van der Waals surface area contributed by atoms with Crippen molar-refractivity contribution in [2.75, 3.05) is 32.2 Å².